The molecule has 0 N–H and O–H groups in total. The molecule has 0 aliphatic heterocycles. The Hall–Kier alpha value is -0.680. The average molecular weight is 293 g/mol. The van der Waals surface area contributed by atoms with Gasteiger partial charge in [0.05, 0.1) is 0 Å². The molecule has 5 heteroatoms. The summed E-state index contributed by atoms with van der Waals surface area (Å²) < 4.78 is 34.4. The maximum atomic E-state index is 12.8. The molecule has 0 saturated carbocycles. The monoisotopic (exact) mass is 292 g/mol. The highest BCUT2D eigenvalue weighted by Crippen LogP contribution is 2.19. The zero-order valence-corrected chi connectivity index (χ0v) is 10.3. The molecule has 0 spiro atoms. The highest BCUT2D eigenvalue weighted by molar-refractivity contribution is 9.09. The van der Waals surface area contributed by atoms with Crippen LogP contribution in [0.5, 0.6) is 0 Å². The van der Waals surface area contributed by atoms with E-state index in [-0.39, 0.29) is 4.90 Å². The third-order valence-electron chi connectivity index (χ3n) is 1.75. The summed E-state index contributed by atoms with van der Waals surface area (Å²) in [6.07, 6.45) is 4.16. The number of rotatable bonds is 4. The summed E-state index contributed by atoms with van der Waals surface area (Å²) in [6.45, 7) is 0. The summed E-state index contributed by atoms with van der Waals surface area (Å²) in [6, 6.07) is 5.98. The third kappa shape index (κ3) is 3.76. The molecule has 0 atom stereocenters. The van der Waals surface area contributed by atoms with Crippen molar-refractivity contribution in [2.24, 2.45) is 0 Å². The van der Waals surface area contributed by atoms with E-state index in [0.29, 0.717) is 5.56 Å². The zero-order valence-electron chi connectivity index (χ0n) is 7.86. The van der Waals surface area contributed by atoms with E-state index in [1.165, 1.54) is 12.1 Å². The van der Waals surface area contributed by atoms with Crippen LogP contribution in [0.1, 0.15) is 12.0 Å². The van der Waals surface area contributed by atoms with E-state index < -0.39 is 10.2 Å². The highest BCUT2D eigenvalue weighted by atomic mass is 79.9. The standard InChI is InChI=1S/C10H10BrFO2S/c11-8-4-3-6-9-5-1-2-7-10(9)15(12,13)14/h1-3,5-7H,4,8H2. The van der Waals surface area contributed by atoms with Crippen molar-refractivity contribution < 1.29 is 12.3 Å². The van der Waals surface area contributed by atoms with Crippen LogP contribution in [0.3, 0.4) is 0 Å². The van der Waals surface area contributed by atoms with Crippen molar-refractivity contribution in [1.29, 1.82) is 0 Å². The molecular formula is C10H10BrFO2S. The lowest BCUT2D eigenvalue weighted by molar-refractivity contribution is 0.552. The SMILES string of the molecule is O=S(=O)(F)c1ccccc1C=CCCBr. The van der Waals surface area contributed by atoms with Crippen LogP contribution < -0.4 is 0 Å². The Bertz CT molecular complexity index is 454. The highest BCUT2D eigenvalue weighted by Gasteiger charge is 2.14. The molecule has 0 bridgehead atoms. The predicted molar refractivity (Wildman–Crippen MR) is 62.2 cm³/mol. The van der Waals surface area contributed by atoms with Gasteiger partial charge in [0, 0.05) is 5.33 Å². The molecule has 0 heterocycles. The quantitative estimate of drug-likeness (QED) is 0.631. The molecule has 1 aromatic rings. The summed E-state index contributed by atoms with van der Waals surface area (Å²) in [7, 11) is -4.63. The Kier molecular flexibility index (Phi) is 4.47. The fourth-order valence-corrected chi connectivity index (χ4v) is 2.04. The Morgan fingerprint density at radius 2 is 2.00 bits per heavy atom. The van der Waals surface area contributed by atoms with Crippen molar-refractivity contribution >= 4 is 32.2 Å². The second-order valence-electron chi connectivity index (χ2n) is 2.86. The van der Waals surface area contributed by atoms with Crippen molar-refractivity contribution in [3.63, 3.8) is 0 Å². The minimum absolute atomic E-state index is 0.282. The normalized spacial score (nSPS) is 12.1. The molecule has 15 heavy (non-hydrogen) atoms. The zero-order chi connectivity index (χ0) is 11.3. The maximum Gasteiger partial charge on any atom is 0.332 e. The first-order valence-electron chi connectivity index (χ1n) is 4.32. The van der Waals surface area contributed by atoms with Gasteiger partial charge in [0.1, 0.15) is 4.90 Å². The van der Waals surface area contributed by atoms with Gasteiger partial charge in [-0.2, -0.15) is 8.42 Å². The van der Waals surface area contributed by atoms with Crippen LogP contribution in [0.2, 0.25) is 0 Å². The molecule has 0 saturated heterocycles. The van der Waals surface area contributed by atoms with Crippen LogP contribution in [0.25, 0.3) is 6.08 Å². The lowest BCUT2D eigenvalue weighted by Crippen LogP contribution is -1.94. The summed E-state index contributed by atoms with van der Waals surface area (Å²) in [5.74, 6) is 0. The summed E-state index contributed by atoms with van der Waals surface area (Å²) in [5.41, 5.74) is 0.376. The number of halogens is 2. The molecule has 0 amide bonds. The van der Waals surface area contributed by atoms with E-state index in [1.54, 1.807) is 24.3 Å². The van der Waals surface area contributed by atoms with Crippen LogP contribution in [-0.4, -0.2) is 13.7 Å². The van der Waals surface area contributed by atoms with Crippen LogP contribution in [0.4, 0.5) is 3.89 Å². The molecule has 0 aliphatic rings. The second kappa shape index (κ2) is 5.42. The first kappa shape index (κ1) is 12.4. The van der Waals surface area contributed by atoms with E-state index in [4.69, 9.17) is 0 Å². The minimum atomic E-state index is -4.63. The van der Waals surface area contributed by atoms with Gasteiger partial charge in [0.15, 0.2) is 0 Å². The van der Waals surface area contributed by atoms with Gasteiger partial charge in [-0.15, -0.1) is 3.89 Å². The Labute approximate surface area is 97.2 Å². The number of hydrogen-bond acceptors (Lipinski definition) is 2. The minimum Gasteiger partial charge on any atom is -0.189 e. The molecule has 1 aromatic carbocycles. The van der Waals surface area contributed by atoms with Gasteiger partial charge in [-0.25, -0.2) is 0 Å². The van der Waals surface area contributed by atoms with Crippen LogP contribution in [0, 0.1) is 0 Å². The lowest BCUT2D eigenvalue weighted by Gasteiger charge is -1.99. The summed E-state index contributed by atoms with van der Waals surface area (Å²) in [5, 5.41) is 0.786. The van der Waals surface area contributed by atoms with E-state index in [9.17, 15) is 12.3 Å². The Morgan fingerprint density at radius 1 is 1.33 bits per heavy atom. The number of hydrogen-bond donors (Lipinski definition) is 0. The topological polar surface area (TPSA) is 34.1 Å². The molecular weight excluding hydrogens is 283 g/mol. The van der Waals surface area contributed by atoms with E-state index >= 15 is 0 Å². The maximum absolute atomic E-state index is 12.8. The van der Waals surface area contributed by atoms with E-state index in [0.717, 1.165) is 11.8 Å². The molecule has 0 fully saturated rings. The number of benzene rings is 1. The van der Waals surface area contributed by atoms with E-state index in [1.807, 2.05) is 0 Å². The van der Waals surface area contributed by atoms with Crippen LogP contribution in [0.15, 0.2) is 35.2 Å². The van der Waals surface area contributed by atoms with Gasteiger partial charge in [-0.3, -0.25) is 0 Å². The fraction of sp³-hybridized carbons (Fsp3) is 0.200. The second-order valence-corrected chi connectivity index (χ2v) is 4.96. The van der Waals surface area contributed by atoms with Crippen LogP contribution >= 0.6 is 15.9 Å². The smallest absolute Gasteiger partial charge is 0.189 e. The summed E-state index contributed by atoms with van der Waals surface area (Å²) >= 11 is 3.24. The number of alkyl halides is 1. The Morgan fingerprint density at radius 3 is 2.60 bits per heavy atom. The molecule has 0 unspecified atom stereocenters. The largest absolute Gasteiger partial charge is 0.332 e. The van der Waals surface area contributed by atoms with Gasteiger partial charge >= 0.3 is 10.2 Å². The van der Waals surface area contributed by atoms with Crippen molar-refractivity contribution in [1.82, 2.24) is 0 Å². The first-order chi connectivity index (χ1) is 7.05. The molecule has 0 aromatic heterocycles. The lowest BCUT2D eigenvalue weighted by atomic mass is 10.2. The average Bonchev–Trinajstić information content (AvgIpc) is 2.17. The van der Waals surface area contributed by atoms with E-state index in [2.05, 4.69) is 15.9 Å². The van der Waals surface area contributed by atoms with Crippen LogP contribution in [-0.2, 0) is 10.2 Å². The molecule has 82 valence electrons. The van der Waals surface area contributed by atoms with Crippen molar-refractivity contribution in [2.75, 3.05) is 5.33 Å². The van der Waals surface area contributed by atoms with Gasteiger partial charge in [0.25, 0.3) is 0 Å². The first-order valence-corrected chi connectivity index (χ1v) is 6.82. The van der Waals surface area contributed by atoms with Crippen molar-refractivity contribution in [2.45, 2.75) is 11.3 Å². The Balaban J connectivity index is 3.08. The molecule has 0 aliphatic carbocycles. The predicted octanol–water partition coefficient (Wildman–Crippen LogP) is 3.14. The van der Waals surface area contributed by atoms with Gasteiger partial charge in [-0.05, 0) is 18.1 Å². The molecule has 0 radical (unpaired) electrons. The van der Waals surface area contributed by atoms with Gasteiger partial charge in [-0.1, -0.05) is 46.3 Å². The van der Waals surface area contributed by atoms with Gasteiger partial charge < -0.3 is 0 Å². The number of allylic oxidation sites excluding steroid dienone is 1. The van der Waals surface area contributed by atoms with Crippen molar-refractivity contribution in [3.8, 4) is 0 Å². The molecule has 1 rings (SSSR count). The van der Waals surface area contributed by atoms with Crippen molar-refractivity contribution in [3.05, 3.63) is 35.9 Å². The third-order valence-corrected chi connectivity index (χ3v) is 3.11. The molecule has 2 nitrogen and oxygen atoms in total. The van der Waals surface area contributed by atoms with Gasteiger partial charge in [0.2, 0.25) is 0 Å². The summed E-state index contributed by atoms with van der Waals surface area (Å²) in [4.78, 5) is -0.282. The fourth-order valence-electron chi connectivity index (χ4n) is 1.11.